The number of piperidine rings is 1. The van der Waals surface area contributed by atoms with Crippen LogP contribution in [-0.4, -0.2) is 28.0 Å². The quantitative estimate of drug-likeness (QED) is 0.660. The van der Waals surface area contributed by atoms with Crippen molar-refractivity contribution in [3.05, 3.63) is 23.1 Å². The monoisotopic (exact) mass is 366 g/mol. The molecule has 0 radical (unpaired) electrons. The minimum Gasteiger partial charge on any atom is -0.355 e. The fourth-order valence-corrected chi connectivity index (χ4v) is 5.85. The zero-order valence-electron chi connectivity index (χ0n) is 15.7. The highest BCUT2D eigenvalue weighted by Crippen LogP contribution is 2.42. The van der Waals surface area contributed by atoms with Gasteiger partial charge >= 0.3 is 0 Å². The van der Waals surface area contributed by atoms with Gasteiger partial charge in [-0.2, -0.15) is 0 Å². The van der Waals surface area contributed by atoms with E-state index in [0.717, 1.165) is 43.2 Å². The van der Waals surface area contributed by atoms with Crippen molar-refractivity contribution in [1.29, 1.82) is 0 Å². The lowest BCUT2D eigenvalue weighted by Crippen LogP contribution is -2.33. The van der Waals surface area contributed by atoms with Crippen LogP contribution in [0.15, 0.2) is 6.33 Å². The summed E-state index contributed by atoms with van der Waals surface area (Å²) in [4.78, 5) is 18.2. The minimum atomic E-state index is 0.826. The Balaban J connectivity index is 1.71. The zero-order chi connectivity index (χ0) is 17.7. The van der Waals surface area contributed by atoms with Crippen molar-refractivity contribution in [1.82, 2.24) is 15.0 Å². The minimum absolute atomic E-state index is 0.826. The summed E-state index contributed by atoms with van der Waals surface area (Å²) in [6.07, 6.45) is 10.1. The molecule has 0 aromatic carbocycles. The summed E-state index contributed by atoms with van der Waals surface area (Å²) in [6.45, 7) is 6.82. The number of aromatic nitrogens is 3. The smallest absolute Gasteiger partial charge is 0.150 e. The number of anilines is 1. The zero-order valence-corrected chi connectivity index (χ0v) is 16.5. The number of hydrogen-bond donors (Lipinski definition) is 0. The first kappa shape index (κ1) is 16.4. The lowest BCUT2D eigenvalue weighted by Gasteiger charge is -2.31. The van der Waals surface area contributed by atoms with E-state index >= 15 is 0 Å². The standard InChI is InChI=1S/C21H26N4S/c1-3-5-16-14-6-4-7-15(14)17-18-19(26-21(17)24-16)20(23-12-22-18)25-10-8-13(2)9-11-25/h12-13H,3-11H2,1-2H3. The van der Waals surface area contributed by atoms with E-state index in [1.807, 2.05) is 11.3 Å². The van der Waals surface area contributed by atoms with E-state index in [4.69, 9.17) is 15.0 Å². The molecule has 3 aromatic rings. The van der Waals surface area contributed by atoms with Crippen LogP contribution in [0, 0.1) is 5.92 Å². The maximum Gasteiger partial charge on any atom is 0.150 e. The fourth-order valence-electron chi connectivity index (χ4n) is 4.65. The molecule has 136 valence electrons. The van der Waals surface area contributed by atoms with Gasteiger partial charge in [0.15, 0.2) is 0 Å². The number of fused-ring (bicyclic) bond motifs is 5. The van der Waals surface area contributed by atoms with E-state index in [9.17, 15) is 0 Å². The van der Waals surface area contributed by atoms with Gasteiger partial charge < -0.3 is 4.90 Å². The van der Waals surface area contributed by atoms with Gasteiger partial charge in [-0.1, -0.05) is 20.3 Å². The Labute approximate surface area is 158 Å². The third kappa shape index (κ3) is 2.51. The summed E-state index contributed by atoms with van der Waals surface area (Å²) in [6, 6.07) is 0. The summed E-state index contributed by atoms with van der Waals surface area (Å²) < 4.78 is 1.24. The van der Waals surface area contributed by atoms with Crippen LogP contribution in [-0.2, 0) is 19.3 Å². The molecule has 1 aliphatic heterocycles. The van der Waals surface area contributed by atoms with E-state index in [1.165, 1.54) is 63.8 Å². The number of thiophene rings is 1. The normalized spacial score (nSPS) is 18.2. The largest absolute Gasteiger partial charge is 0.355 e. The van der Waals surface area contributed by atoms with E-state index in [1.54, 1.807) is 6.33 Å². The molecule has 0 unspecified atom stereocenters. The lowest BCUT2D eigenvalue weighted by atomic mass is 9.99. The molecule has 0 saturated carbocycles. The second-order valence-electron chi connectivity index (χ2n) is 7.95. The van der Waals surface area contributed by atoms with Crippen LogP contribution < -0.4 is 4.90 Å². The molecule has 0 bridgehead atoms. The van der Waals surface area contributed by atoms with Gasteiger partial charge in [0, 0.05) is 24.2 Å². The average Bonchev–Trinajstić information content (AvgIpc) is 3.26. The molecule has 1 aliphatic carbocycles. The Kier molecular flexibility index (Phi) is 4.07. The van der Waals surface area contributed by atoms with E-state index in [-0.39, 0.29) is 0 Å². The number of hydrogen-bond acceptors (Lipinski definition) is 5. The van der Waals surface area contributed by atoms with E-state index in [0.29, 0.717) is 0 Å². The third-order valence-electron chi connectivity index (χ3n) is 6.11. The third-order valence-corrected chi connectivity index (χ3v) is 7.18. The maximum atomic E-state index is 5.10. The highest BCUT2D eigenvalue weighted by Gasteiger charge is 2.26. The topological polar surface area (TPSA) is 41.9 Å². The number of nitrogens with zero attached hydrogens (tertiary/aromatic N) is 4. The Bertz CT molecular complexity index is 969. The van der Waals surface area contributed by atoms with E-state index < -0.39 is 0 Å². The first-order chi connectivity index (χ1) is 12.8. The first-order valence-corrected chi connectivity index (χ1v) is 10.9. The van der Waals surface area contributed by atoms with Gasteiger partial charge in [-0.05, 0) is 55.6 Å². The van der Waals surface area contributed by atoms with Crippen molar-refractivity contribution in [3.63, 3.8) is 0 Å². The summed E-state index contributed by atoms with van der Waals surface area (Å²) in [7, 11) is 0. The van der Waals surface area contributed by atoms with Crippen LogP contribution in [0.5, 0.6) is 0 Å². The van der Waals surface area contributed by atoms with Gasteiger partial charge in [0.1, 0.15) is 17.0 Å². The summed E-state index contributed by atoms with van der Waals surface area (Å²) >= 11 is 1.81. The van der Waals surface area contributed by atoms with E-state index in [2.05, 4.69) is 18.7 Å². The van der Waals surface area contributed by atoms with Crippen LogP contribution in [0.2, 0.25) is 0 Å². The fraction of sp³-hybridized carbons (Fsp3) is 0.571. The van der Waals surface area contributed by atoms with Crippen LogP contribution in [0.4, 0.5) is 5.82 Å². The van der Waals surface area contributed by atoms with Crippen LogP contribution in [0.25, 0.3) is 20.4 Å². The predicted molar refractivity (Wildman–Crippen MR) is 109 cm³/mol. The molecule has 1 saturated heterocycles. The van der Waals surface area contributed by atoms with Crippen molar-refractivity contribution in [2.45, 2.75) is 58.8 Å². The van der Waals surface area contributed by atoms with Gasteiger partial charge in [-0.25, -0.2) is 15.0 Å². The number of pyridine rings is 1. The Morgan fingerprint density at radius 3 is 2.77 bits per heavy atom. The second-order valence-corrected chi connectivity index (χ2v) is 8.95. The molecular weight excluding hydrogens is 340 g/mol. The van der Waals surface area contributed by atoms with Crippen molar-refractivity contribution in [2.24, 2.45) is 5.92 Å². The van der Waals surface area contributed by atoms with Crippen LogP contribution in [0.1, 0.15) is 56.4 Å². The molecule has 5 heteroatoms. The van der Waals surface area contributed by atoms with Crippen molar-refractivity contribution < 1.29 is 0 Å². The predicted octanol–water partition coefficient (Wildman–Crippen LogP) is 4.92. The maximum absolute atomic E-state index is 5.10. The van der Waals surface area contributed by atoms with Crippen molar-refractivity contribution >= 4 is 37.6 Å². The SMILES string of the molecule is CCCc1nc2sc3c(N4CCC(C)CC4)ncnc3c2c2c1CCC2. The van der Waals surface area contributed by atoms with Gasteiger partial charge in [-0.15, -0.1) is 11.3 Å². The van der Waals surface area contributed by atoms with Gasteiger partial charge in [0.25, 0.3) is 0 Å². The highest BCUT2D eigenvalue weighted by atomic mass is 32.1. The molecule has 0 N–H and O–H groups in total. The Morgan fingerprint density at radius 2 is 1.96 bits per heavy atom. The molecule has 4 heterocycles. The average molecular weight is 367 g/mol. The van der Waals surface area contributed by atoms with Crippen molar-refractivity contribution in [2.75, 3.05) is 18.0 Å². The van der Waals surface area contributed by atoms with Gasteiger partial charge in [0.2, 0.25) is 0 Å². The highest BCUT2D eigenvalue weighted by molar-refractivity contribution is 7.26. The molecule has 0 spiro atoms. The number of aryl methyl sites for hydroxylation is 2. The Hall–Kier alpha value is -1.75. The molecule has 26 heavy (non-hydrogen) atoms. The number of rotatable bonds is 3. The summed E-state index contributed by atoms with van der Waals surface area (Å²) in [5, 5.41) is 1.33. The molecule has 1 fully saturated rings. The van der Waals surface area contributed by atoms with Gasteiger partial charge in [-0.3, -0.25) is 0 Å². The molecular formula is C21H26N4S. The lowest BCUT2D eigenvalue weighted by molar-refractivity contribution is 0.437. The molecule has 5 rings (SSSR count). The molecule has 3 aromatic heterocycles. The molecule has 0 amide bonds. The van der Waals surface area contributed by atoms with Crippen LogP contribution >= 0.6 is 11.3 Å². The second kappa shape index (κ2) is 6.45. The van der Waals surface area contributed by atoms with Crippen LogP contribution in [0.3, 0.4) is 0 Å². The summed E-state index contributed by atoms with van der Waals surface area (Å²) in [5.74, 6) is 1.96. The van der Waals surface area contributed by atoms with Gasteiger partial charge in [0.05, 0.1) is 10.2 Å². The Morgan fingerprint density at radius 1 is 1.15 bits per heavy atom. The van der Waals surface area contributed by atoms with Crippen molar-refractivity contribution in [3.8, 4) is 0 Å². The summed E-state index contributed by atoms with van der Waals surface area (Å²) in [5.41, 5.74) is 5.52. The molecule has 0 atom stereocenters. The molecule has 4 nitrogen and oxygen atoms in total. The molecule has 2 aliphatic rings. The first-order valence-electron chi connectivity index (χ1n) is 10.1.